The highest BCUT2D eigenvalue weighted by atomic mass is 16.7. The highest BCUT2D eigenvalue weighted by Crippen LogP contribution is 2.45. The second-order valence-electron chi connectivity index (χ2n) is 3.95. The predicted molar refractivity (Wildman–Crippen MR) is 60.2 cm³/mol. The molecule has 0 radical (unpaired) electrons. The standard InChI is InChI=1S/C13H16O3/c1-4-10-12(14)9-7-5-6-8-11(9)13(10,15-2)16-3/h5-8,10H,4H2,1-3H3. The van der Waals surface area contributed by atoms with Crippen LogP contribution in [0.15, 0.2) is 24.3 Å². The molecule has 0 N–H and O–H groups in total. The van der Waals surface area contributed by atoms with E-state index >= 15 is 0 Å². The van der Waals surface area contributed by atoms with Gasteiger partial charge in [-0.25, -0.2) is 0 Å². The zero-order valence-electron chi connectivity index (χ0n) is 9.82. The summed E-state index contributed by atoms with van der Waals surface area (Å²) in [7, 11) is 3.17. The van der Waals surface area contributed by atoms with Crippen LogP contribution in [0, 0.1) is 5.92 Å². The molecule has 1 aromatic carbocycles. The van der Waals surface area contributed by atoms with Crippen LogP contribution in [0.5, 0.6) is 0 Å². The molecule has 0 bridgehead atoms. The summed E-state index contributed by atoms with van der Waals surface area (Å²) in [5.74, 6) is -1.04. The molecule has 1 aromatic rings. The van der Waals surface area contributed by atoms with Crippen LogP contribution in [0.4, 0.5) is 0 Å². The maximum Gasteiger partial charge on any atom is 0.205 e. The summed E-state index contributed by atoms with van der Waals surface area (Å²) < 4.78 is 11.0. The summed E-state index contributed by atoms with van der Waals surface area (Å²) in [4.78, 5) is 12.2. The molecule has 3 heteroatoms. The molecule has 3 nitrogen and oxygen atoms in total. The molecule has 16 heavy (non-hydrogen) atoms. The Balaban J connectivity index is 2.63. The van der Waals surface area contributed by atoms with Crippen LogP contribution >= 0.6 is 0 Å². The van der Waals surface area contributed by atoms with Crippen molar-refractivity contribution in [3.8, 4) is 0 Å². The lowest BCUT2D eigenvalue weighted by Crippen LogP contribution is -2.37. The number of ether oxygens (including phenoxy) is 2. The third kappa shape index (κ3) is 1.25. The van der Waals surface area contributed by atoms with E-state index < -0.39 is 5.79 Å². The van der Waals surface area contributed by atoms with Gasteiger partial charge < -0.3 is 9.47 Å². The Bertz CT molecular complexity index is 407. The normalized spacial score (nSPS) is 22.2. The minimum Gasteiger partial charge on any atom is -0.349 e. The lowest BCUT2D eigenvalue weighted by molar-refractivity contribution is -0.235. The number of Topliss-reactive ketones (excluding diaryl/α,β-unsaturated/α-hetero) is 1. The number of carbonyl (C=O) groups excluding carboxylic acids is 1. The largest absolute Gasteiger partial charge is 0.349 e. The van der Waals surface area contributed by atoms with Crippen molar-refractivity contribution in [1.29, 1.82) is 0 Å². The first-order valence-electron chi connectivity index (χ1n) is 5.45. The number of carbonyl (C=O) groups is 1. The summed E-state index contributed by atoms with van der Waals surface area (Å²) in [6.45, 7) is 1.97. The second-order valence-corrected chi connectivity index (χ2v) is 3.95. The highest BCUT2D eigenvalue weighted by molar-refractivity contribution is 6.03. The van der Waals surface area contributed by atoms with E-state index in [0.29, 0.717) is 6.42 Å². The average molecular weight is 220 g/mol. The first kappa shape index (κ1) is 11.3. The Kier molecular flexibility index (Phi) is 2.82. The van der Waals surface area contributed by atoms with E-state index in [1.165, 1.54) is 0 Å². The van der Waals surface area contributed by atoms with Crippen LogP contribution in [0.2, 0.25) is 0 Å². The number of rotatable bonds is 3. The van der Waals surface area contributed by atoms with E-state index in [1.807, 2.05) is 31.2 Å². The summed E-state index contributed by atoms with van der Waals surface area (Å²) in [6.07, 6.45) is 0.704. The molecule has 0 heterocycles. The van der Waals surface area contributed by atoms with E-state index in [2.05, 4.69) is 0 Å². The highest BCUT2D eigenvalue weighted by Gasteiger charge is 2.52. The minimum atomic E-state index is -0.900. The molecule has 2 rings (SSSR count). The molecule has 0 amide bonds. The zero-order chi connectivity index (χ0) is 11.8. The van der Waals surface area contributed by atoms with E-state index in [4.69, 9.17) is 9.47 Å². The number of hydrogen-bond acceptors (Lipinski definition) is 3. The van der Waals surface area contributed by atoms with Gasteiger partial charge in [0.15, 0.2) is 5.78 Å². The molecule has 86 valence electrons. The zero-order valence-corrected chi connectivity index (χ0v) is 9.82. The van der Waals surface area contributed by atoms with Crippen LogP contribution < -0.4 is 0 Å². The minimum absolute atomic E-state index is 0.113. The van der Waals surface area contributed by atoms with E-state index in [0.717, 1.165) is 11.1 Å². The Morgan fingerprint density at radius 2 is 1.88 bits per heavy atom. The summed E-state index contributed by atoms with van der Waals surface area (Å²) in [5, 5.41) is 0. The van der Waals surface area contributed by atoms with Crippen molar-refractivity contribution in [3.05, 3.63) is 35.4 Å². The van der Waals surface area contributed by atoms with Crippen molar-refractivity contribution < 1.29 is 14.3 Å². The lowest BCUT2D eigenvalue weighted by atomic mass is 9.95. The van der Waals surface area contributed by atoms with Crippen LogP contribution in [0.1, 0.15) is 29.3 Å². The van der Waals surface area contributed by atoms with Gasteiger partial charge in [0.1, 0.15) is 0 Å². The molecule has 0 spiro atoms. The molecule has 0 aromatic heterocycles. The first-order chi connectivity index (χ1) is 7.71. The smallest absolute Gasteiger partial charge is 0.205 e. The number of fused-ring (bicyclic) bond motifs is 1. The Hall–Kier alpha value is -1.19. The van der Waals surface area contributed by atoms with Gasteiger partial charge in [-0.3, -0.25) is 4.79 Å². The number of ketones is 1. The number of benzene rings is 1. The van der Waals surface area contributed by atoms with Crippen molar-refractivity contribution in [2.45, 2.75) is 19.1 Å². The molecular weight excluding hydrogens is 204 g/mol. The first-order valence-corrected chi connectivity index (χ1v) is 5.45. The van der Waals surface area contributed by atoms with Gasteiger partial charge in [-0.15, -0.1) is 0 Å². The van der Waals surface area contributed by atoms with Crippen LogP contribution in [-0.4, -0.2) is 20.0 Å². The fourth-order valence-electron chi connectivity index (χ4n) is 2.59. The van der Waals surface area contributed by atoms with Crippen molar-refractivity contribution >= 4 is 5.78 Å². The predicted octanol–water partition coefficient (Wildman–Crippen LogP) is 2.35. The van der Waals surface area contributed by atoms with E-state index in [1.54, 1.807) is 14.2 Å². The molecule has 0 fully saturated rings. The molecule has 1 aliphatic carbocycles. The molecule has 1 unspecified atom stereocenters. The fourth-order valence-corrected chi connectivity index (χ4v) is 2.59. The maximum atomic E-state index is 12.2. The van der Waals surface area contributed by atoms with E-state index in [-0.39, 0.29) is 11.7 Å². The summed E-state index contributed by atoms with van der Waals surface area (Å²) in [6, 6.07) is 7.50. The molecular formula is C13H16O3. The fraction of sp³-hybridized carbons (Fsp3) is 0.462. The Morgan fingerprint density at radius 3 is 2.44 bits per heavy atom. The quantitative estimate of drug-likeness (QED) is 0.733. The third-order valence-electron chi connectivity index (χ3n) is 3.36. The third-order valence-corrected chi connectivity index (χ3v) is 3.36. The van der Waals surface area contributed by atoms with Crippen LogP contribution in [-0.2, 0) is 15.3 Å². The SMILES string of the molecule is CCC1C(=O)c2ccccc2C1(OC)OC. The van der Waals surface area contributed by atoms with Crippen LogP contribution in [0.25, 0.3) is 0 Å². The molecule has 0 aliphatic heterocycles. The van der Waals surface area contributed by atoms with Crippen LogP contribution in [0.3, 0.4) is 0 Å². The van der Waals surface area contributed by atoms with Crippen molar-refractivity contribution in [2.75, 3.05) is 14.2 Å². The van der Waals surface area contributed by atoms with Gasteiger partial charge >= 0.3 is 0 Å². The van der Waals surface area contributed by atoms with Gasteiger partial charge in [-0.05, 0) is 6.42 Å². The van der Waals surface area contributed by atoms with Gasteiger partial charge in [-0.1, -0.05) is 31.2 Å². The second kappa shape index (κ2) is 4.00. The summed E-state index contributed by atoms with van der Waals surface area (Å²) in [5.41, 5.74) is 1.56. The average Bonchev–Trinajstić information content (AvgIpc) is 2.59. The van der Waals surface area contributed by atoms with E-state index in [9.17, 15) is 4.79 Å². The number of methoxy groups -OCH3 is 2. The summed E-state index contributed by atoms with van der Waals surface area (Å²) >= 11 is 0. The van der Waals surface area contributed by atoms with Gasteiger partial charge in [0.2, 0.25) is 5.79 Å². The topological polar surface area (TPSA) is 35.5 Å². The van der Waals surface area contributed by atoms with Crippen molar-refractivity contribution in [2.24, 2.45) is 5.92 Å². The van der Waals surface area contributed by atoms with Gasteiger partial charge in [0.05, 0.1) is 5.92 Å². The molecule has 0 saturated heterocycles. The van der Waals surface area contributed by atoms with Crippen molar-refractivity contribution in [3.63, 3.8) is 0 Å². The Morgan fingerprint density at radius 1 is 1.25 bits per heavy atom. The maximum absolute atomic E-state index is 12.2. The van der Waals surface area contributed by atoms with Gasteiger partial charge in [-0.2, -0.15) is 0 Å². The molecule has 1 aliphatic rings. The lowest BCUT2D eigenvalue weighted by Gasteiger charge is -2.31. The number of hydrogen-bond donors (Lipinski definition) is 0. The van der Waals surface area contributed by atoms with Gasteiger partial charge in [0.25, 0.3) is 0 Å². The van der Waals surface area contributed by atoms with Crippen molar-refractivity contribution in [1.82, 2.24) is 0 Å². The molecule has 1 atom stereocenters. The monoisotopic (exact) mass is 220 g/mol. The van der Waals surface area contributed by atoms with Gasteiger partial charge in [0, 0.05) is 25.3 Å². The Labute approximate surface area is 95.4 Å². The molecule has 0 saturated carbocycles.